The maximum Gasteiger partial charge on any atom is 0.0411 e. The van der Waals surface area contributed by atoms with Crippen LogP contribution in [0.2, 0.25) is 0 Å². The summed E-state index contributed by atoms with van der Waals surface area (Å²) >= 11 is 0. The summed E-state index contributed by atoms with van der Waals surface area (Å²) in [7, 11) is 8.27. The lowest BCUT2D eigenvalue weighted by molar-refractivity contribution is 1.10. The van der Waals surface area contributed by atoms with Gasteiger partial charge in [-0.2, -0.15) is 0 Å². The normalized spacial score (nSPS) is 10.3. The maximum absolute atomic E-state index is 3.49. The van der Waals surface area contributed by atoms with Crippen molar-refractivity contribution in [3.8, 4) is 0 Å². The van der Waals surface area contributed by atoms with Gasteiger partial charge in [0, 0.05) is 51.8 Å². The first-order chi connectivity index (χ1) is 9.97. The summed E-state index contributed by atoms with van der Waals surface area (Å²) in [5, 5.41) is 3.49. The topological polar surface area (TPSA) is 18.5 Å². The van der Waals surface area contributed by atoms with Gasteiger partial charge in [0.25, 0.3) is 0 Å². The number of nitrogens with one attached hydrogen (secondary N) is 1. The summed E-state index contributed by atoms with van der Waals surface area (Å²) in [5.74, 6) is 0. The van der Waals surface area contributed by atoms with E-state index in [0.29, 0.717) is 0 Å². The Hall–Kier alpha value is -2.16. The Balaban J connectivity index is 2.04. The van der Waals surface area contributed by atoms with E-state index in [4.69, 9.17) is 0 Å². The molecule has 3 nitrogen and oxygen atoms in total. The monoisotopic (exact) mass is 283 g/mol. The molecular weight excluding hydrogens is 258 g/mol. The number of aryl methyl sites for hydroxylation is 1. The fraction of sp³-hybridized carbons (Fsp3) is 0.333. The van der Waals surface area contributed by atoms with Crippen LogP contribution < -0.4 is 15.1 Å². The van der Waals surface area contributed by atoms with Crippen molar-refractivity contribution < 1.29 is 0 Å². The minimum absolute atomic E-state index is 0.837. The van der Waals surface area contributed by atoms with Crippen molar-refractivity contribution in [3.05, 3.63) is 53.6 Å². The quantitative estimate of drug-likeness (QED) is 0.902. The highest BCUT2D eigenvalue weighted by Crippen LogP contribution is 2.23. The molecule has 0 bridgehead atoms. The summed E-state index contributed by atoms with van der Waals surface area (Å²) < 4.78 is 0. The minimum atomic E-state index is 0.837. The third kappa shape index (κ3) is 3.91. The van der Waals surface area contributed by atoms with Gasteiger partial charge in [-0.1, -0.05) is 18.2 Å². The highest BCUT2D eigenvalue weighted by molar-refractivity contribution is 5.62. The molecule has 0 spiro atoms. The highest BCUT2D eigenvalue weighted by Gasteiger charge is 2.02. The van der Waals surface area contributed by atoms with Gasteiger partial charge in [0.2, 0.25) is 0 Å². The lowest BCUT2D eigenvalue weighted by atomic mass is 10.1. The average molecular weight is 283 g/mol. The van der Waals surface area contributed by atoms with Gasteiger partial charge < -0.3 is 15.1 Å². The van der Waals surface area contributed by atoms with Crippen LogP contribution in [0.15, 0.2) is 42.5 Å². The predicted octanol–water partition coefficient (Wildman–Crippen LogP) is 3.74. The molecule has 0 heterocycles. The largest absolute Gasteiger partial charge is 0.381 e. The van der Waals surface area contributed by atoms with Gasteiger partial charge in [0.05, 0.1) is 0 Å². The Kier molecular flexibility index (Phi) is 4.73. The van der Waals surface area contributed by atoms with Crippen molar-refractivity contribution in [2.45, 2.75) is 13.5 Å². The van der Waals surface area contributed by atoms with Crippen LogP contribution in [0, 0.1) is 6.92 Å². The Bertz CT molecular complexity index is 586. The number of benzene rings is 2. The SMILES string of the molecule is Cc1ccc(NCc2ccc(N(C)C)cc2)cc1N(C)C. The number of nitrogens with zero attached hydrogens (tertiary/aromatic N) is 2. The summed E-state index contributed by atoms with van der Waals surface area (Å²) in [5.41, 5.74) is 6.21. The van der Waals surface area contributed by atoms with Crippen LogP contribution >= 0.6 is 0 Å². The van der Waals surface area contributed by atoms with Crippen LogP contribution in [0.5, 0.6) is 0 Å². The van der Waals surface area contributed by atoms with E-state index in [1.165, 1.54) is 22.5 Å². The van der Waals surface area contributed by atoms with Crippen molar-refractivity contribution in [3.63, 3.8) is 0 Å². The Morgan fingerprint density at radius 3 is 2.10 bits per heavy atom. The van der Waals surface area contributed by atoms with Crippen molar-refractivity contribution >= 4 is 17.1 Å². The molecule has 21 heavy (non-hydrogen) atoms. The third-order valence-corrected chi connectivity index (χ3v) is 3.64. The number of rotatable bonds is 5. The van der Waals surface area contributed by atoms with Crippen molar-refractivity contribution in [1.82, 2.24) is 0 Å². The fourth-order valence-corrected chi connectivity index (χ4v) is 2.32. The molecule has 0 saturated heterocycles. The molecule has 112 valence electrons. The lowest BCUT2D eigenvalue weighted by Crippen LogP contribution is -2.11. The maximum atomic E-state index is 3.49. The lowest BCUT2D eigenvalue weighted by Gasteiger charge is -2.18. The van der Waals surface area contributed by atoms with Crippen molar-refractivity contribution in [1.29, 1.82) is 0 Å². The number of anilines is 3. The summed E-state index contributed by atoms with van der Waals surface area (Å²) in [6.07, 6.45) is 0. The van der Waals surface area contributed by atoms with Gasteiger partial charge in [0.1, 0.15) is 0 Å². The van der Waals surface area contributed by atoms with Gasteiger partial charge in [0.15, 0.2) is 0 Å². The molecule has 2 aromatic carbocycles. The molecule has 0 saturated carbocycles. The zero-order chi connectivity index (χ0) is 15.4. The molecule has 0 atom stereocenters. The standard InChI is InChI=1S/C18H25N3/c1-14-6-9-16(12-18(14)21(4)5)19-13-15-7-10-17(11-8-15)20(2)3/h6-12,19H,13H2,1-5H3. The number of hydrogen-bond acceptors (Lipinski definition) is 3. The molecular formula is C18H25N3. The molecule has 0 aromatic heterocycles. The molecule has 0 unspecified atom stereocenters. The molecule has 0 aliphatic heterocycles. The van der Waals surface area contributed by atoms with Gasteiger partial charge in [-0.25, -0.2) is 0 Å². The van der Waals surface area contributed by atoms with Crippen LogP contribution in [0.4, 0.5) is 17.1 Å². The second-order valence-electron chi connectivity index (χ2n) is 5.81. The van der Waals surface area contributed by atoms with Crippen LogP contribution in [0.25, 0.3) is 0 Å². The Morgan fingerprint density at radius 2 is 1.52 bits per heavy atom. The van der Waals surface area contributed by atoms with Crippen LogP contribution in [-0.4, -0.2) is 28.2 Å². The number of hydrogen-bond donors (Lipinski definition) is 1. The Morgan fingerprint density at radius 1 is 0.857 bits per heavy atom. The van der Waals surface area contributed by atoms with Gasteiger partial charge >= 0.3 is 0 Å². The zero-order valence-electron chi connectivity index (χ0n) is 13.6. The molecule has 2 aromatic rings. The third-order valence-electron chi connectivity index (χ3n) is 3.64. The zero-order valence-corrected chi connectivity index (χ0v) is 13.6. The molecule has 0 radical (unpaired) electrons. The molecule has 2 rings (SSSR count). The molecule has 0 aliphatic rings. The first-order valence-electron chi connectivity index (χ1n) is 7.25. The van der Waals surface area contributed by atoms with E-state index in [2.05, 4.69) is 92.7 Å². The average Bonchev–Trinajstić information content (AvgIpc) is 2.46. The molecule has 0 aliphatic carbocycles. The molecule has 1 N–H and O–H groups in total. The smallest absolute Gasteiger partial charge is 0.0411 e. The summed E-state index contributed by atoms with van der Waals surface area (Å²) in [6, 6.07) is 15.1. The van der Waals surface area contributed by atoms with Crippen molar-refractivity contribution in [2.24, 2.45) is 0 Å². The van der Waals surface area contributed by atoms with E-state index in [-0.39, 0.29) is 0 Å². The molecule has 3 heteroatoms. The van der Waals surface area contributed by atoms with E-state index < -0.39 is 0 Å². The second kappa shape index (κ2) is 6.53. The van der Waals surface area contributed by atoms with Crippen LogP contribution in [0.1, 0.15) is 11.1 Å². The highest BCUT2D eigenvalue weighted by atomic mass is 15.1. The van der Waals surface area contributed by atoms with E-state index in [0.717, 1.165) is 12.2 Å². The second-order valence-corrected chi connectivity index (χ2v) is 5.81. The van der Waals surface area contributed by atoms with E-state index in [9.17, 15) is 0 Å². The van der Waals surface area contributed by atoms with E-state index in [1.54, 1.807) is 0 Å². The van der Waals surface area contributed by atoms with Crippen molar-refractivity contribution in [2.75, 3.05) is 43.3 Å². The molecule has 0 amide bonds. The van der Waals surface area contributed by atoms with E-state index >= 15 is 0 Å². The first-order valence-corrected chi connectivity index (χ1v) is 7.25. The van der Waals surface area contributed by atoms with Crippen LogP contribution in [-0.2, 0) is 6.54 Å². The predicted molar refractivity (Wildman–Crippen MR) is 93.6 cm³/mol. The first kappa shape index (κ1) is 15.2. The van der Waals surface area contributed by atoms with E-state index in [1.807, 2.05) is 0 Å². The minimum Gasteiger partial charge on any atom is -0.381 e. The molecule has 0 fully saturated rings. The fourth-order valence-electron chi connectivity index (χ4n) is 2.32. The van der Waals surface area contributed by atoms with Gasteiger partial charge in [-0.3, -0.25) is 0 Å². The summed E-state index contributed by atoms with van der Waals surface area (Å²) in [6.45, 7) is 2.97. The van der Waals surface area contributed by atoms with Gasteiger partial charge in [-0.05, 0) is 42.3 Å². The Labute approximate surface area is 128 Å². The van der Waals surface area contributed by atoms with Crippen LogP contribution in [0.3, 0.4) is 0 Å². The van der Waals surface area contributed by atoms with Gasteiger partial charge in [-0.15, -0.1) is 0 Å². The summed E-state index contributed by atoms with van der Waals surface area (Å²) in [4.78, 5) is 4.26.